The van der Waals surface area contributed by atoms with Gasteiger partial charge in [-0.15, -0.1) is 0 Å². The van der Waals surface area contributed by atoms with Crippen LogP contribution in [-0.2, 0) is 37.9 Å². The van der Waals surface area contributed by atoms with Gasteiger partial charge in [-0.3, -0.25) is 0 Å². The molecular formula is C21H42FNO9. The zero-order valence-corrected chi connectivity index (χ0v) is 19.9. The molecule has 10 nitrogen and oxygen atoms in total. The van der Waals surface area contributed by atoms with Crippen LogP contribution in [0.3, 0.4) is 0 Å². The summed E-state index contributed by atoms with van der Waals surface area (Å²) in [4.78, 5) is 11.4. The van der Waals surface area contributed by atoms with E-state index in [1.165, 1.54) is 0 Å². The lowest BCUT2D eigenvalue weighted by Crippen LogP contribution is -2.34. The molecule has 0 bridgehead atoms. The van der Waals surface area contributed by atoms with E-state index in [2.05, 4.69) is 5.32 Å². The highest BCUT2D eigenvalue weighted by atomic mass is 19.1. The van der Waals surface area contributed by atoms with Crippen LogP contribution in [0.5, 0.6) is 0 Å². The third kappa shape index (κ3) is 27.0. The maximum atomic E-state index is 11.8. The summed E-state index contributed by atoms with van der Waals surface area (Å²) in [5.41, 5.74) is -0.507. The highest BCUT2D eigenvalue weighted by Crippen LogP contribution is 2.06. The molecule has 0 saturated carbocycles. The monoisotopic (exact) mass is 471 g/mol. The van der Waals surface area contributed by atoms with E-state index < -0.39 is 18.4 Å². The van der Waals surface area contributed by atoms with Crippen molar-refractivity contribution in [2.24, 2.45) is 0 Å². The van der Waals surface area contributed by atoms with E-state index in [0.717, 1.165) is 0 Å². The molecule has 0 aromatic rings. The first-order chi connectivity index (χ1) is 15.5. The van der Waals surface area contributed by atoms with Crippen LogP contribution in [-0.4, -0.2) is 117 Å². The Hall–Kier alpha value is -1.08. The van der Waals surface area contributed by atoms with Crippen LogP contribution < -0.4 is 5.32 Å². The molecule has 192 valence electrons. The predicted molar refractivity (Wildman–Crippen MR) is 116 cm³/mol. The Labute approximate surface area is 191 Å². The fourth-order valence-electron chi connectivity index (χ4n) is 2.02. The first-order valence-corrected chi connectivity index (χ1v) is 11.0. The van der Waals surface area contributed by atoms with Crippen molar-refractivity contribution in [3.8, 4) is 0 Å². The Bertz CT molecular complexity index is 411. The van der Waals surface area contributed by atoms with Crippen LogP contribution in [0.4, 0.5) is 9.18 Å². The first-order valence-electron chi connectivity index (χ1n) is 11.0. The fraction of sp³-hybridized carbons (Fsp3) is 0.952. The molecule has 0 heterocycles. The molecule has 0 aromatic heterocycles. The van der Waals surface area contributed by atoms with Crippen molar-refractivity contribution in [3.63, 3.8) is 0 Å². The number of carbonyl (C=O) groups is 1. The molecule has 0 aliphatic heterocycles. The van der Waals surface area contributed by atoms with Gasteiger partial charge in [0.05, 0.1) is 92.5 Å². The number of halogens is 1. The number of hydrogen-bond acceptors (Lipinski definition) is 9. The summed E-state index contributed by atoms with van der Waals surface area (Å²) in [6, 6.07) is 0. The molecule has 0 aromatic carbocycles. The number of hydrogen-bond donors (Lipinski definition) is 1. The molecule has 0 spiro atoms. The van der Waals surface area contributed by atoms with Crippen LogP contribution in [0.25, 0.3) is 0 Å². The summed E-state index contributed by atoms with van der Waals surface area (Å²) in [7, 11) is 0. The number of alkyl halides is 1. The van der Waals surface area contributed by atoms with Crippen LogP contribution in [0.15, 0.2) is 0 Å². The van der Waals surface area contributed by atoms with Crippen molar-refractivity contribution in [3.05, 3.63) is 0 Å². The van der Waals surface area contributed by atoms with Gasteiger partial charge < -0.3 is 43.2 Å². The standard InChI is InChI=1S/C21H42FNO9/c1-21(2,3)32-20(24)23-5-7-26-9-11-28-13-15-30-17-19-31-18-16-29-14-12-27-10-8-25-6-4-22/h4-19H2,1-3H3,(H,23,24). The molecule has 0 radical (unpaired) electrons. The minimum absolute atomic E-state index is 0.112. The SMILES string of the molecule is CC(C)(C)OC(=O)NCCOCCOCCOCCOCCOCCOCCOCCF. The zero-order chi connectivity index (χ0) is 23.8. The van der Waals surface area contributed by atoms with Crippen molar-refractivity contribution >= 4 is 6.09 Å². The topological polar surface area (TPSA) is 103 Å². The molecule has 32 heavy (non-hydrogen) atoms. The lowest BCUT2D eigenvalue weighted by Gasteiger charge is -2.19. The van der Waals surface area contributed by atoms with Crippen molar-refractivity contribution in [2.75, 3.05) is 106 Å². The van der Waals surface area contributed by atoms with Gasteiger partial charge in [0, 0.05) is 6.54 Å². The number of nitrogens with one attached hydrogen (secondary N) is 1. The van der Waals surface area contributed by atoms with Gasteiger partial charge in [-0.1, -0.05) is 0 Å². The van der Waals surface area contributed by atoms with E-state index in [1.54, 1.807) is 0 Å². The first kappa shape index (κ1) is 30.9. The van der Waals surface area contributed by atoms with Gasteiger partial charge in [-0.2, -0.15) is 0 Å². The summed E-state index contributed by atoms with van der Waals surface area (Å²) in [6.07, 6.45) is -0.453. The van der Waals surface area contributed by atoms with Gasteiger partial charge >= 0.3 is 6.09 Å². The van der Waals surface area contributed by atoms with E-state index >= 15 is 0 Å². The van der Waals surface area contributed by atoms with Crippen molar-refractivity contribution in [2.45, 2.75) is 26.4 Å². The molecule has 0 saturated heterocycles. The maximum absolute atomic E-state index is 11.8. The number of ether oxygens (including phenoxy) is 8. The van der Waals surface area contributed by atoms with Gasteiger partial charge in [0.1, 0.15) is 12.3 Å². The summed E-state index contributed by atoms with van der Waals surface area (Å²) in [5.74, 6) is 0. The molecule has 11 heteroatoms. The Morgan fingerprint density at radius 1 is 0.594 bits per heavy atom. The van der Waals surface area contributed by atoms with E-state index in [9.17, 15) is 9.18 Å². The molecule has 0 fully saturated rings. The predicted octanol–water partition coefficient (Wildman–Crippen LogP) is 1.60. The number of alkyl carbamates (subject to hydrolysis) is 1. The van der Waals surface area contributed by atoms with E-state index in [4.69, 9.17) is 37.9 Å². The Morgan fingerprint density at radius 3 is 1.22 bits per heavy atom. The van der Waals surface area contributed by atoms with Crippen LogP contribution in [0, 0.1) is 0 Å². The molecule has 1 amide bonds. The zero-order valence-electron chi connectivity index (χ0n) is 19.9. The summed E-state index contributed by atoms with van der Waals surface area (Å²) < 4.78 is 53.9. The maximum Gasteiger partial charge on any atom is 0.407 e. The molecule has 1 N–H and O–H groups in total. The Balaban J connectivity index is 3.10. The minimum Gasteiger partial charge on any atom is -0.444 e. The van der Waals surface area contributed by atoms with Crippen molar-refractivity contribution < 1.29 is 47.1 Å². The number of carbonyl (C=O) groups excluding carboxylic acids is 1. The second kappa shape index (κ2) is 23.1. The number of amides is 1. The van der Waals surface area contributed by atoms with Gasteiger partial charge in [-0.25, -0.2) is 9.18 Å². The Kier molecular flexibility index (Phi) is 22.3. The summed E-state index contributed by atoms with van der Waals surface area (Å²) >= 11 is 0. The number of rotatable bonds is 23. The molecule has 0 aliphatic carbocycles. The largest absolute Gasteiger partial charge is 0.444 e. The van der Waals surface area contributed by atoms with Crippen LogP contribution >= 0.6 is 0 Å². The lowest BCUT2D eigenvalue weighted by molar-refractivity contribution is -0.0207. The molecular weight excluding hydrogens is 429 g/mol. The smallest absolute Gasteiger partial charge is 0.407 e. The lowest BCUT2D eigenvalue weighted by atomic mass is 10.2. The second-order valence-corrected chi connectivity index (χ2v) is 7.40. The molecule has 0 unspecified atom stereocenters. The fourth-order valence-corrected chi connectivity index (χ4v) is 2.02. The van der Waals surface area contributed by atoms with E-state index in [-0.39, 0.29) is 6.61 Å². The van der Waals surface area contributed by atoms with Gasteiger partial charge in [0.15, 0.2) is 0 Å². The second-order valence-electron chi connectivity index (χ2n) is 7.40. The summed E-state index contributed by atoms with van der Waals surface area (Å²) in [5, 5.41) is 2.62. The molecule has 0 aliphatic rings. The average molecular weight is 472 g/mol. The minimum atomic E-state index is -0.507. The van der Waals surface area contributed by atoms with Gasteiger partial charge in [0.2, 0.25) is 0 Å². The highest BCUT2D eigenvalue weighted by molar-refractivity contribution is 5.67. The molecule has 0 atom stereocenters. The molecule has 0 rings (SSSR count). The summed E-state index contributed by atoms with van der Waals surface area (Å²) in [6.45, 7) is 11.4. The third-order valence-corrected chi connectivity index (χ3v) is 3.37. The quantitative estimate of drug-likeness (QED) is 0.223. The average Bonchev–Trinajstić information content (AvgIpc) is 2.73. The Morgan fingerprint density at radius 2 is 0.906 bits per heavy atom. The van der Waals surface area contributed by atoms with Gasteiger partial charge in [0.25, 0.3) is 0 Å². The van der Waals surface area contributed by atoms with Gasteiger partial charge in [-0.05, 0) is 20.8 Å². The third-order valence-electron chi connectivity index (χ3n) is 3.37. The van der Waals surface area contributed by atoms with Crippen molar-refractivity contribution in [1.29, 1.82) is 0 Å². The van der Waals surface area contributed by atoms with E-state index in [0.29, 0.717) is 92.4 Å². The van der Waals surface area contributed by atoms with Crippen LogP contribution in [0.2, 0.25) is 0 Å². The van der Waals surface area contributed by atoms with E-state index in [1.807, 2.05) is 20.8 Å². The van der Waals surface area contributed by atoms with Crippen LogP contribution in [0.1, 0.15) is 20.8 Å². The highest BCUT2D eigenvalue weighted by Gasteiger charge is 2.15. The normalized spacial score (nSPS) is 11.6. The van der Waals surface area contributed by atoms with Crippen molar-refractivity contribution in [1.82, 2.24) is 5.32 Å².